The van der Waals surface area contributed by atoms with Gasteiger partial charge in [-0.15, -0.1) is 0 Å². The molecule has 1 heterocycles. The van der Waals surface area contributed by atoms with Gasteiger partial charge in [0.15, 0.2) is 6.10 Å². The van der Waals surface area contributed by atoms with Crippen LogP contribution in [0.15, 0.2) is 12.1 Å². The third-order valence-electron chi connectivity index (χ3n) is 2.49. The van der Waals surface area contributed by atoms with Gasteiger partial charge in [-0.25, -0.2) is 9.78 Å². The minimum Gasteiger partial charge on any atom is -0.478 e. The highest BCUT2D eigenvalue weighted by Gasteiger charge is 2.37. The number of pyridine rings is 1. The summed E-state index contributed by atoms with van der Waals surface area (Å²) in [5.74, 6) is -1.19. The van der Waals surface area contributed by atoms with Crippen LogP contribution in [0.1, 0.15) is 29.4 Å². The summed E-state index contributed by atoms with van der Waals surface area (Å²) >= 11 is 0. The molecule has 112 valence electrons. The summed E-state index contributed by atoms with van der Waals surface area (Å²) in [6.45, 7) is 1.08. The van der Waals surface area contributed by atoms with E-state index in [-0.39, 0.29) is 11.4 Å². The van der Waals surface area contributed by atoms with Crippen molar-refractivity contribution in [2.24, 2.45) is 0 Å². The number of rotatable bonds is 6. The number of halogens is 3. The molecule has 0 aliphatic heterocycles. The van der Waals surface area contributed by atoms with Crippen molar-refractivity contribution in [3.63, 3.8) is 0 Å². The van der Waals surface area contributed by atoms with Gasteiger partial charge in [0.2, 0.25) is 0 Å². The highest BCUT2D eigenvalue weighted by Crippen LogP contribution is 2.20. The second-order valence-corrected chi connectivity index (χ2v) is 4.23. The molecule has 0 saturated heterocycles. The molecular formula is C12H15F3N2O3. The normalized spacial score (nSPS) is 13.1. The van der Waals surface area contributed by atoms with Gasteiger partial charge in [-0.1, -0.05) is 13.3 Å². The maximum Gasteiger partial charge on any atom is 0.416 e. The van der Waals surface area contributed by atoms with Crippen LogP contribution in [0.2, 0.25) is 0 Å². The summed E-state index contributed by atoms with van der Waals surface area (Å²) in [6, 6.07) is 2.50. The molecule has 0 aliphatic carbocycles. The summed E-state index contributed by atoms with van der Waals surface area (Å²) in [6.07, 6.45) is -6.03. The fourth-order valence-electron chi connectivity index (χ4n) is 1.50. The summed E-state index contributed by atoms with van der Waals surface area (Å²) in [5.41, 5.74) is 0.406. The first-order valence-corrected chi connectivity index (χ1v) is 5.97. The number of hydrogen-bond acceptors (Lipinski definition) is 4. The van der Waals surface area contributed by atoms with Crippen LogP contribution < -0.4 is 5.32 Å². The molecule has 1 rings (SSSR count). The first kappa shape index (κ1) is 16.2. The number of anilines is 1. The second kappa shape index (κ2) is 6.56. The van der Waals surface area contributed by atoms with E-state index in [9.17, 15) is 18.0 Å². The average molecular weight is 292 g/mol. The minimum absolute atomic E-state index is 0.00310. The van der Waals surface area contributed by atoms with E-state index in [0.717, 1.165) is 12.5 Å². The number of aliphatic hydroxyl groups excluding tert-OH is 1. The van der Waals surface area contributed by atoms with Crippen molar-refractivity contribution in [3.8, 4) is 0 Å². The van der Waals surface area contributed by atoms with Crippen LogP contribution >= 0.6 is 0 Å². The summed E-state index contributed by atoms with van der Waals surface area (Å²) in [7, 11) is 0. The van der Waals surface area contributed by atoms with Crippen LogP contribution in [0, 0.1) is 0 Å². The fraction of sp³-hybridized carbons (Fsp3) is 0.500. The van der Waals surface area contributed by atoms with Gasteiger partial charge in [-0.3, -0.25) is 0 Å². The number of nitrogens with zero attached hydrogens (tertiary/aromatic N) is 1. The zero-order chi connectivity index (χ0) is 15.3. The van der Waals surface area contributed by atoms with Crippen molar-refractivity contribution < 1.29 is 28.2 Å². The fourth-order valence-corrected chi connectivity index (χ4v) is 1.50. The lowest BCUT2D eigenvalue weighted by Crippen LogP contribution is -2.35. The third-order valence-corrected chi connectivity index (χ3v) is 2.49. The lowest BCUT2D eigenvalue weighted by molar-refractivity contribution is -0.198. The Morgan fingerprint density at radius 2 is 2.10 bits per heavy atom. The first-order chi connectivity index (χ1) is 9.24. The quantitative estimate of drug-likeness (QED) is 0.747. The Morgan fingerprint density at radius 3 is 2.60 bits per heavy atom. The van der Waals surface area contributed by atoms with Gasteiger partial charge in [0, 0.05) is 5.69 Å². The van der Waals surface area contributed by atoms with Crippen molar-refractivity contribution in [1.82, 2.24) is 4.98 Å². The largest absolute Gasteiger partial charge is 0.478 e. The van der Waals surface area contributed by atoms with E-state index in [2.05, 4.69) is 10.3 Å². The molecular weight excluding hydrogens is 277 g/mol. The highest BCUT2D eigenvalue weighted by atomic mass is 19.4. The van der Waals surface area contributed by atoms with Crippen LogP contribution in [0.25, 0.3) is 0 Å². The monoisotopic (exact) mass is 292 g/mol. The maximum absolute atomic E-state index is 12.2. The number of carboxylic acids is 1. The van der Waals surface area contributed by atoms with E-state index in [4.69, 9.17) is 10.2 Å². The van der Waals surface area contributed by atoms with Gasteiger partial charge in [0.25, 0.3) is 0 Å². The zero-order valence-corrected chi connectivity index (χ0v) is 10.7. The molecule has 0 fully saturated rings. The number of aryl methyl sites for hydroxylation is 1. The number of carboxylic acid groups (broad SMARTS) is 1. The molecule has 1 atom stereocenters. The lowest BCUT2D eigenvalue weighted by atomic mass is 10.1. The molecule has 1 aromatic rings. The molecule has 0 radical (unpaired) electrons. The first-order valence-electron chi connectivity index (χ1n) is 5.97. The van der Waals surface area contributed by atoms with Crippen molar-refractivity contribution >= 4 is 11.8 Å². The second-order valence-electron chi connectivity index (χ2n) is 4.23. The van der Waals surface area contributed by atoms with Gasteiger partial charge in [0.1, 0.15) is 5.82 Å². The molecule has 3 N–H and O–H groups in total. The molecule has 1 unspecified atom stereocenters. The number of aromatic carboxylic acids is 1. The van der Waals surface area contributed by atoms with Crippen LogP contribution in [-0.4, -0.2) is 40.0 Å². The smallest absolute Gasteiger partial charge is 0.416 e. The van der Waals surface area contributed by atoms with Crippen LogP contribution in [0.4, 0.5) is 19.0 Å². The lowest BCUT2D eigenvalue weighted by Gasteiger charge is -2.16. The number of nitrogens with one attached hydrogen (secondary N) is 1. The summed E-state index contributed by atoms with van der Waals surface area (Å²) < 4.78 is 36.5. The van der Waals surface area contributed by atoms with Crippen molar-refractivity contribution in [2.45, 2.75) is 32.0 Å². The third kappa shape index (κ3) is 4.69. The Hall–Kier alpha value is -1.83. The molecule has 0 spiro atoms. The van der Waals surface area contributed by atoms with Crippen molar-refractivity contribution in [3.05, 3.63) is 23.4 Å². The summed E-state index contributed by atoms with van der Waals surface area (Å²) in [4.78, 5) is 14.9. The van der Waals surface area contributed by atoms with Gasteiger partial charge in [-0.05, 0) is 18.6 Å². The molecule has 8 heteroatoms. The molecule has 0 aliphatic rings. The molecule has 1 aromatic heterocycles. The Kier molecular flexibility index (Phi) is 5.32. The van der Waals surface area contributed by atoms with E-state index < -0.39 is 24.8 Å². The van der Waals surface area contributed by atoms with Gasteiger partial charge in [0.05, 0.1) is 12.1 Å². The van der Waals surface area contributed by atoms with E-state index in [1.807, 2.05) is 6.92 Å². The standard InChI is InChI=1S/C12H15F3N2O3/c1-2-3-8-4-7(11(19)20)5-10(17-8)16-6-9(18)12(13,14)15/h4-5,9,18H,2-3,6H2,1H3,(H,16,17)(H,19,20). The van der Waals surface area contributed by atoms with E-state index >= 15 is 0 Å². The van der Waals surface area contributed by atoms with Gasteiger partial charge >= 0.3 is 12.1 Å². The topological polar surface area (TPSA) is 82.5 Å². The number of carbonyl (C=O) groups is 1. The van der Waals surface area contributed by atoms with Gasteiger partial charge < -0.3 is 15.5 Å². The minimum atomic E-state index is -4.73. The number of hydrogen-bond donors (Lipinski definition) is 3. The molecule has 0 bridgehead atoms. The highest BCUT2D eigenvalue weighted by molar-refractivity contribution is 5.88. The van der Waals surface area contributed by atoms with E-state index in [1.54, 1.807) is 0 Å². The summed E-state index contributed by atoms with van der Waals surface area (Å²) in [5, 5.41) is 20.1. The van der Waals surface area contributed by atoms with E-state index in [1.165, 1.54) is 6.07 Å². The molecule has 20 heavy (non-hydrogen) atoms. The predicted octanol–water partition coefficient (Wildman–Crippen LogP) is 2.07. The Labute approximate surface area is 113 Å². The van der Waals surface area contributed by atoms with Crippen molar-refractivity contribution in [2.75, 3.05) is 11.9 Å². The Balaban J connectivity index is 2.86. The predicted molar refractivity (Wildman–Crippen MR) is 65.7 cm³/mol. The van der Waals surface area contributed by atoms with Crippen LogP contribution in [0.3, 0.4) is 0 Å². The maximum atomic E-state index is 12.2. The number of alkyl halides is 3. The van der Waals surface area contributed by atoms with Crippen LogP contribution in [0.5, 0.6) is 0 Å². The average Bonchev–Trinajstić information content (AvgIpc) is 2.34. The van der Waals surface area contributed by atoms with E-state index in [0.29, 0.717) is 12.1 Å². The molecule has 0 amide bonds. The Bertz CT molecular complexity index is 478. The van der Waals surface area contributed by atoms with Crippen LogP contribution in [-0.2, 0) is 6.42 Å². The SMILES string of the molecule is CCCc1cc(C(=O)O)cc(NCC(O)C(F)(F)F)n1. The van der Waals surface area contributed by atoms with Gasteiger partial charge in [-0.2, -0.15) is 13.2 Å². The molecule has 0 aromatic carbocycles. The number of aliphatic hydroxyl groups is 1. The molecule has 5 nitrogen and oxygen atoms in total. The molecule has 0 saturated carbocycles. The number of aromatic nitrogens is 1. The Morgan fingerprint density at radius 1 is 1.45 bits per heavy atom. The van der Waals surface area contributed by atoms with Crippen molar-refractivity contribution in [1.29, 1.82) is 0 Å². The zero-order valence-electron chi connectivity index (χ0n) is 10.7.